The molecule has 254 valence electrons. The van der Waals surface area contributed by atoms with E-state index in [1.165, 1.54) is 24.1 Å². The van der Waals surface area contributed by atoms with Gasteiger partial charge in [0.05, 0.1) is 31.2 Å². The third-order valence-corrected chi connectivity index (χ3v) is 10.2. The number of ether oxygens (including phenoxy) is 2. The highest BCUT2D eigenvalue weighted by molar-refractivity contribution is 9.10. The molecule has 0 bridgehead atoms. The van der Waals surface area contributed by atoms with Crippen LogP contribution in [-0.4, -0.2) is 51.4 Å². The zero-order valence-electron chi connectivity index (χ0n) is 27.9. The molecule has 0 saturated carbocycles. The van der Waals surface area contributed by atoms with Crippen LogP contribution in [0, 0.1) is 6.92 Å². The van der Waals surface area contributed by atoms with Gasteiger partial charge < -0.3 is 14.4 Å². The maximum atomic E-state index is 14.1. The van der Waals surface area contributed by atoms with Crippen LogP contribution in [0.25, 0.3) is 11.1 Å². The number of rotatable bonds is 16. The largest absolute Gasteiger partial charge is 0.493 e. The van der Waals surface area contributed by atoms with Crippen LogP contribution < -0.4 is 9.64 Å². The molecule has 1 amide bonds. The van der Waals surface area contributed by atoms with Gasteiger partial charge in [-0.15, -0.1) is 0 Å². The van der Waals surface area contributed by atoms with E-state index in [1.807, 2.05) is 69.3 Å². The van der Waals surface area contributed by atoms with E-state index in [9.17, 15) is 18.0 Å². The van der Waals surface area contributed by atoms with Gasteiger partial charge in [0.15, 0.2) is 0 Å². The summed E-state index contributed by atoms with van der Waals surface area (Å²) in [7, 11) is -2.54. The fraction of sp³-hybridized carbons (Fsp3) is 0.316. The summed E-state index contributed by atoms with van der Waals surface area (Å²) in [4.78, 5) is 28.7. The molecule has 4 rings (SSSR count). The summed E-state index contributed by atoms with van der Waals surface area (Å²) in [6.07, 6.45) is 3.32. The summed E-state index contributed by atoms with van der Waals surface area (Å²) in [6, 6.07) is 27.3. The van der Waals surface area contributed by atoms with E-state index in [0.717, 1.165) is 56.7 Å². The van der Waals surface area contributed by atoms with E-state index in [0.29, 0.717) is 24.7 Å². The van der Waals surface area contributed by atoms with Gasteiger partial charge in [0.2, 0.25) is 15.9 Å². The summed E-state index contributed by atoms with van der Waals surface area (Å²) < 4.78 is 40.4. The summed E-state index contributed by atoms with van der Waals surface area (Å²) in [5.41, 5.74) is 4.58. The number of carbonyl (C=O) groups is 2. The first-order valence-electron chi connectivity index (χ1n) is 16.2. The Bertz CT molecular complexity index is 1780. The Balaban J connectivity index is 1.68. The van der Waals surface area contributed by atoms with Gasteiger partial charge in [0.1, 0.15) is 11.3 Å². The molecule has 0 spiro atoms. The third kappa shape index (κ3) is 9.78. The van der Waals surface area contributed by atoms with E-state index in [2.05, 4.69) is 15.9 Å². The van der Waals surface area contributed by atoms with Crippen molar-refractivity contribution in [2.75, 3.05) is 31.7 Å². The average Bonchev–Trinajstić information content (AvgIpc) is 3.08. The summed E-state index contributed by atoms with van der Waals surface area (Å²) in [5.74, 6) is -0.624. The molecular weight excluding hydrogens is 692 g/mol. The van der Waals surface area contributed by atoms with Crippen LogP contribution in [0.1, 0.15) is 61.0 Å². The van der Waals surface area contributed by atoms with E-state index in [1.54, 1.807) is 30.3 Å². The molecule has 4 aromatic rings. The lowest BCUT2D eigenvalue weighted by Crippen LogP contribution is -2.41. The summed E-state index contributed by atoms with van der Waals surface area (Å²) in [6.45, 7) is 6.39. The van der Waals surface area contributed by atoms with Crippen LogP contribution in [0.5, 0.6) is 5.75 Å². The van der Waals surface area contributed by atoms with Crippen molar-refractivity contribution >= 4 is 43.5 Å². The normalized spacial score (nSPS) is 11.4. The first-order valence-corrected chi connectivity index (χ1v) is 18.4. The number of esters is 1. The van der Waals surface area contributed by atoms with Crippen molar-refractivity contribution in [1.29, 1.82) is 0 Å². The van der Waals surface area contributed by atoms with Crippen molar-refractivity contribution in [3.05, 3.63) is 112 Å². The molecule has 10 heteroatoms. The highest BCUT2D eigenvalue weighted by Crippen LogP contribution is 2.30. The predicted octanol–water partition coefficient (Wildman–Crippen LogP) is 8.41. The number of likely N-dealkylation sites (N-methyl/N-ethyl adjacent to an activating group) is 1. The second kappa shape index (κ2) is 17.4. The van der Waals surface area contributed by atoms with Crippen LogP contribution in [0.15, 0.2) is 100 Å². The summed E-state index contributed by atoms with van der Waals surface area (Å²) >= 11 is 3.47. The average molecular weight is 736 g/mol. The maximum absolute atomic E-state index is 14.1. The van der Waals surface area contributed by atoms with Crippen molar-refractivity contribution in [2.45, 2.75) is 57.9 Å². The number of unbranched alkanes of at least 4 members (excludes halogenated alkanes) is 2. The minimum absolute atomic E-state index is 0.107. The fourth-order valence-electron chi connectivity index (χ4n) is 4.88. The Hall–Kier alpha value is -3.99. The number of halogens is 1. The van der Waals surface area contributed by atoms with Crippen molar-refractivity contribution in [3.8, 4) is 16.9 Å². The van der Waals surface area contributed by atoms with Gasteiger partial charge in [-0.2, -0.15) is 4.31 Å². The number of nitrogens with zero attached hydrogens (tertiary/aromatic N) is 2. The lowest BCUT2D eigenvalue weighted by atomic mass is 10.0. The van der Waals surface area contributed by atoms with Gasteiger partial charge in [-0.25, -0.2) is 13.2 Å². The van der Waals surface area contributed by atoms with Gasteiger partial charge in [0.25, 0.3) is 0 Å². The minimum atomic E-state index is -3.93. The van der Waals surface area contributed by atoms with E-state index >= 15 is 0 Å². The molecule has 0 saturated heterocycles. The van der Waals surface area contributed by atoms with Crippen LogP contribution in [0.3, 0.4) is 0 Å². The maximum Gasteiger partial charge on any atom is 0.341 e. The number of benzene rings is 4. The minimum Gasteiger partial charge on any atom is -0.493 e. The zero-order valence-corrected chi connectivity index (χ0v) is 30.3. The molecule has 0 radical (unpaired) electrons. The van der Waals surface area contributed by atoms with Crippen molar-refractivity contribution in [1.82, 2.24) is 4.31 Å². The van der Waals surface area contributed by atoms with Gasteiger partial charge in [-0.05, 0) is 72.9 Å². The molecule has 0 N–H and O–H groups in total. The molecular formula is C38H43BrN2O6S. The first-order chi connectivity index (χ1) is 23.0. The van der Waals surface area contributed by atoms with E-state index in [4.69, 9.17) is 9.47 Å². The monoisotopic (exact) mass is 734 g/mol. The predicted molar refractivity (Wildman–Crippen MR) is 194 cm³/mol. The van der Waals surface area contributed by atoms with Gasteiger partial charge in [-0.3, -0.25) is 4.79 Å². The fourth-order valence-corrected chi connectivity index (χ4v) is 6.27. The number of hydrogen-bond donors (Lipinski definition) is 0. The number of carbonyl (C=O) groups excluding carboxylic acids is 2. The molecule has 4 aromatic carbocycles. The highest BCUT2D eigenvalue weighted by Gasteiger charge is 2.27. The molecule has 8 nitrogen and oxygen atoms in total. The van der Waals surface area contributed by atoms with Crippen molar-refractivity contribution < 1.29 is 27.5 Å². The standard InChI is InChI=1S/C38H43BrN2O6S/c1-5-7-23-46-36-25-33(19-22-35(36)38(43)47-24-8-6-2)41(26-29-11-13-30(14-12-29)31-15-17-32(39)18-16-31)37(42)27-40(4)48(44,45)34-20-9-28(3)10-21-34/h9-22,25H,5-8,23-24,26-27H2,1-4H3. The Kier molecular flexibility index (Phi) is 13.4. The molecule has 0 heterocycles. The lowest BCUT2D eigenvalue weighted by Gasteiger charge is -2.27. The SMILES string of the molecule is CCCCOC(=O)c1ccc(N(Cc2ccc(-c3ccc(Br)cc3)cc2)C(=O)CN(C)S(=O)(=O)c2ccc(C)cc2)cc1OCCCC. The number of amides is 1. The Morgan fingerprint density at radius 1 is 0.792 bits per heavy atom. The van der Waals surface area contributed by atoms with E-state index < -0.39 is 28.4 Å². The molecule has 0 atom stereocenters. The first kappa shape index (κ1) is 36.8. The number of hydrogen-bond acceptors (Lipinski definition) is 6. The third-order valence-electron chi connectivity index (χ3n) is 7.84. The van der Waals surface area contributed by atoms with Crippen LogP contribution in [-0.2, 0) is 26.1 Å². The van der Waals surface area contributed by atoms with Gasteiger partial charge >= 0.3 is 5.97 Å². The van der Waals surface area contributed by atoms with Crippen LogP contribution in [0.2, 0.25) is 0 Å². The van der Waals surface area contributed by atoms with Gasteiger partial charge in [0, 0.05) is 23.3 Å². The smallest absolute Gasteiger partial charge is 0.341 e. The molecule has 48 heavy (non-hydrogen) atoms. The van der Waals surface area contributed by atoms with Crippen molar-refractivity contribution in [3.63, 3.8) is 0 Å². The Labute approximate surface area is 292 Å². The molecule has 0 aliphatic heterocycles. The Morgan fingerprint density at radius 2 is 1.40 bits per heavy atom. The van der Waals surface area contributed by atoms with Crippen molar-refractivity contribution in [2.24, 2.45) is 0 Å². The molecule has 0 aliphatic rings. The molecule has 0 aliphatic carbocycles. The second-order valence-electron chi connectivity index (χ2n) is 11.6. The second-order valence-corrected chi connectivity index (χ2v) is 14.6. The summed E-state index contributed by atoms with van der Waals surface area (Å²) in [5, 5.41) is 0. The molecule has 0 aromatic heterocycles. The lowest BCUT2D eigenvalue weighted by molar-refractivity contribution is -0.118. The number of anilines is 1. The van der Waals surface area contributed by atoms with E-state index in [-0.39, 0.29) is 17.0 Å². The number of sulfonamides is 1. The van der Waals surface area contributed by atoms with Gasteiger partial charge in [-0.1, -0.05) is 96.7 Å². The Morgan fingerprint density at radius 3 is 2.02 bits per heavy atom. The molecule has 0 unspecified atom stereocenters. The highest BCUT2D eigenvalue weighted by atomic mass is 79.9. The molecule has 0 fully saturated rings. The quantitative estimate of drug-likeness (QED) is 0.0848. The van der Waals surface area contributed by atoms with Crippen LogP contribution in [0.4, 0.5) is 5.69 Å². The zero-order chi connectivity index (χ0) is 34.7. The van der Waals surface area contributed by atoms with Crippen LogP contribution >= 0.6 is 15.9 Å². The number of aryl methyl sites for hydroxylation is 1. The topological polar surface area (TPSA) is 93.2 Å².